The molecule has 1 rings (SSSR count). The zero-order chi connectivity index (χ0) is 9.68. The van der Waals surface area contributed by atoms with Crippen molar-refractivity contribution < 1.29 is 9.53 Å². The van der Waals surface area contributed by atoms with Crippen LogP contribution in [0.1, 0.15) is 12.5 Å². The van der Waals surface area contributed by atoms with Gasteiger partial charge in [0.05, 0.1) is 0 Å². The van der Waals surface area contributed by atoms with Crippen molar-refractivity contribution in [1.29, 1.82) is 0 Å². The highest BCUT2D eigenvalue weighted by Gasteiger charge is 1.95. The Bertz CT molecular complexity index is 279. The predicted octanol–water partition coefficient (Wildman–Crippen LogP) is 2.61. The molecule has 1 aromatic rings. The molecule has 0 saturated heterocycles. The molecule has 0 aromatic heterocycles. The summed E-state index contributed by atoms with van der Waals surface area (Å²) in [6.07, 6.45) is 0. The van der Waals surface area contributed by atoms with Gasteiger partial charge in [-0.1, -0.05) is 29.5 Å². The van der Waals surface area contributed by atoms with Crippen LogP contribution in [0.25, 0.3) is 0 Å². The molecule has 0 radical (unpaired) electrons. The minimum Gasteiger partial charge on any atom is -0.454 e. The summed E-state index contributed by atoms with van der Waals surface area (Å²) in [6, 6.07) is 8.11. The van der Waals surface area contributed by atoms with Crippen LogP contribution in [-0.4, -0.2) is 11.9 Å². The number of carbonyl (C=O) groups is 1. The molecule has 2 nitrogen and oxygen atoms in total. The first-order chi connectivity index (χ1) is 6.18. The first kappa shape index (κ1) is 10.1. The monoisotopic (exact) mass is 196 g/mol. The maximum absolute atomic E-state index is 10.5. The van der Waals surface area contributed by atoms with Crippen LogP contribution in [0.15, 0.2) is 29.2 Å². The molecule has 0 N–H and O–H groups in total. The fraction of sp³-hybridized carbons (Fsp3) is 0.300. The first-order valence-corrected chi connectivity index (χ1v) is 5.00. The summed E-state index contributed by atoms with van der Waals surface area (Å²) in [4.78, 5) is 11.6. The number of ether oxygens (including phenoxy) is 1. The van der Waals surface area contributed by atoms with E-state index in [1.165, 1.54) is 24.2 Å². The molecule has 0 saturated carbocycles. The van der Waals surface area contributed by atoms with Gasteiger partial charge in [-0.05, 0) is 19.1 Å². The van der Waals surface area contributed by atoms with E-state index >= 15 is 0 Å². The normalized spacial score (nSPS) is 9.69. The number of hydrogen-bond donors (Lipinski definition) is 0. The minimum absolute atomic E-state index is 0.236. The zero-order valence-electron chi connectivity index (χ0n) is 7.74. The third kappa shape index (κ3) is 3.99. The number of thioether (sulfide) groups is 1. The van der Waals surface area contributed by atoms with E-state index < -0.39 is 0 Å². The number of benzene rings is 1. The third-order valence-corrected chi connectivity index (χ3v) is 2.35. The average Bonchev–Trinajstić information content (AvgIpc) is 2.08. The smallest absolute Gasteiger partial charge is 0.303 e. The van der Waals surface area contributed by atoms with Crippen molar-refractivity contribution in [3.63, 3.8) is 0 Å². The highest BCUT2D eigenvalue weighted by atomic mass is 32.2. The fourth-order valence-electron chi connectivity index (χ4n) is 0.815. The highest BCUT2D eigenvalue weighted by Crippen LogP contribution is 2.17. The number of hydrogen-bond acceptors (Lipinski definition) is 3. The quantitative estimate of drug-likeness (QED) is 0.422. The van der Waals surface area contributed by atoms with Gasteiger partial charge in [0.1, 0.15) is 5.94 Å². The van der Waals surface area contributed by atoms with Crippen LogP contribution in [0.5, 0.6) is 0 Å². The largest absolute Gasteiger partial charge is 0.454 e. The zero-order valence-corrected chi connectivity index (χ0v) is 8.56. The van der Waals surface area contributed by atoms with Crippen molar-refractivity contribution >= 4 is 17.7 Å². The molecular formula is C10H12O2S. The molecule has 0 fully saturated rings. The summed E-state index contributed by atoms with van der Waals surface area (Å²) in [5.74, 6) is 0.151. The van der Waals surface area contributed by atoms with Crippen molar-refractivity contribution in [1.82, 2.24) is 0 Å². The summed E-state index contributed by atoms with van der Waals surface area (Å²) >= 11 is 1.51. The van der Waals surface area contributed by atoms with E-state index in [1.807, 2.05) is 31.2 Å². The number of rotatable bonds is 3. The van der Waals surface area contributed by atoms with Gasteiger partial charge in [-0.15, -0.1) is 0 Å². The lowest BCUT2D eigenvalue weighted by Gasteiger charge is -2.01. The molecule has 0 unspecified atom stereocenters. The standard InChI is InChI=1S/C10H12O2S/c1-8-3-5-10(6-4-8)13-7-12-9(2)11/h3-6H,7H2,1-2H3. The Labute approximate surface area is 82.3 Å². The lowest BCUT2D eigenvalue weighted by Crippen LogP contribution is -1.96. The Morgan fingerprint density at radius 1 is 1.38 bits per heavy atom. The van der Waals surface area contributed by atoms with Crippen molar-refractivity contribution in [2.75, 3.05) is 5.94 Å². The van der Waals surface area contributed by atoms with Crippen LogP contribution in [0, 0.1) is 6.92 Å². The van der Waals surface area contributed by atoms with Crippen molar-refractivity contribution in [2.45, 2.75) is 18.7 Å². The van der Waals surface area contributed by atoms with Crippen LogP contribution in [0.2, 0.25) is 0 Å². The van der Waals surface area contributed by atoms with Crippen molar-refractivity contribution in [3.8, 4) is 0 Å². The molecule has 70 valence electrons. The molecule has 0 amide bonds. The number of esters is 1. The minimum atomic E-state index is -0.236. The number of aryl methyl sites for hydroxylation is 1. The van der Waals surface area contributed by atoms with E-state index in [0.717, 1.165) is 4.90 Å². The molecule has 13 heavy (non-hydrogen) atoms. The van der Waals surface area contributed by atoms with Gasteiger partial charge in [0.15, 0.2) is 0 Å². The maximum Gasteiger partial charge on any atom is 0.303 e. The molecule has 0 bridgehead atoms. The molecule has 0 aliphatic heterocycles. The second-order valence-corrected chi connectivity index (χ2v) is 3.71. The van der Waals surface area contributed by atoms with E-state index in [-0.39, 0.29) is 5.97 Å². The van der Waals surface area contributed by atoms with Gasteiger partial charge in [-0.3, -0.25) is 4.79 Å². The Morgan fingerprint density at radius 3 is 2.54 bits per heavy atom. The summed E-state index contributed by atoms with van der Waals surface area (Å²) < 4.78 is 4.80. The molecule has 0 atom stereocenters. The van der Waals surface area contributed by atoms with Gasteiger partial charge in [0, 0.05) is 11.8 Å². The van der Waals surface area contributed by atoms with Crippen LogP contribution in [0.4, 0.5) is 0 Å². The van der Waals surface area contributed by atoms with Crippen LogP contribution >= 0.6 is 11.8 Å². The van der Waals surface area contributed by atoms with E-state index in [1.54, 1.807) is 0 Å². The second-order valence-electron chi connectivity index (χ2n) is 2.71. The van der Waals surface area contributed by atoms with Crippen molar-refractivity contribution in [3.05, 3.63) is 29.8 Å². The lowest BCUT2D eigenvalue weighted by atomic mass is 10.2. The van der Waals surface area contributed by atoms with E-state index in [4.69, 9.17) is 4.74 Å². The van der Waals surface area contributed by atoms with Gasteiger partial charge in [-0.2, -0.15) is 0 Å². The highest BCUT2D eigenvalue weighted by molar-refractivity contribution is 7.99. The average molecular weight is 196 g/mol. The van der Waals surface area contributed by atoms with Crippen LogP contribution in [0.3, 0.4) is 0 Å². The Balaban J connectivity index is 2.37. The molecule has 3 heteroatoms. The van der Waals surface area contributed by atoms with Crippen LogP contribution in [-0.2, 0) is 9.53 Å². The molecule has 0 aliphatic rings. The van der Waals surface area contributed by atoms with Gasteiger partial charge in [0.25, 0.3) is 0 Å². The molecule has 0 spiro atoms. The van der Waals surface area contributed by atoms with Gasteiger partial charge >= 0.3 is 5.97 Å². The lowest BCUT2D eigenvalue weighted by molar-refractivity contribution is -0.138. The Kier molecular flexibility index (Phi) is 3.83. The summed E-state index contributed by atoms with van der Waals surface area (Å²) in [5, 5.41) is 0. The first-order valence-electron chi connectivity index (χ1n) is 4.01. The topological polar surface area (TPSA) is 26.3 Å². The van der Waals surface area contributed by atoms with Gasteiger partial charge in [0.2, 0.25) is 0 Å². The molecule has 0 aliphatic carbocycles. The second kappa shape index (κ2) is 4.92. The summed E-state index contributed by atoms with van der Waals surface area (Å²) in [7, 11) is 0. The van der Waals surface area contributed by atoms with E-state index in [9.17, 15) is 4.79 Å². The molecule has 1 aromatic carbocycles. The summed E-state index contributed by atoms with van der Waals surface area (Å²) in [5.41, 5.74) is 1.23. The van der Waals surface area contributed by atoms with Crippen LogP contribution < -0.4 is 0 Å². The Hall–Kier alpha value is -0.960. The number of carbonyl (C=O) groups excluding carboxylic acids is 1. The van der Waals surface area contributed by atoms with Crippen molar-refractivity contribution in [2.24, 2.45) is 0 Å². The van der Waals surface area contributed by atoms with Gasteiger partial charge < -0.3 is 4.74 Å². The SMILES string of the molecule is CC(=O)OCSc1ccc(C)cc1. The van der Waals surface area contributed by atoms with E-state index in [2.05, 4.69) is 0 Å². The fourth-order valence-corrected chi connectivity index (χ4v) is 1.50. The molecule has 0 heterocycles. The van der Waals surface area contributed by atoms with Gasteiger partial charge in [-0.25, -0.2) is 0 Å². The predicted molar refractivity (Wildman–Crippen MR) is 53.7 cm³/mol. The third-order valence-electron chi connectivity index (χ3n) is 1.51. The summed E-state index contributed by atoms with van der Waals surface area (Å²) in [6.45, 7) is 3.45. The molecular weight excluding hydrogens is 184 g/mol. The Morgan fingerprint density at radius 2 is 2.00 bits per heavy atom. The maximum atomic E-state index is 10.5. The van der Waals surface area contributed by atoms with E-state index in [0.29, 0.717) is 5.94 Å².